The molecule has 0 atom stereocenters. The number of halogens is 2. The molecule has 0 bridgehead atoms. The zero-order valence-corrected chi connectivity index (χ0v) is 13.0. The second-order valence-electron chi connectivity index (χ2n) is 5.03. The number of ether oxygens (including phenoxy) is 1. The molecular weight excluding hydrogens is 321 g/mol. The van der Waals surface area contributed by atoms with E-state index in [1.165, 1.54) is 12.1 Å². The van der Waals surface area contributed by atoms with Gasteiger partial charge in [0.2, 0.25) is 0 Å². The number of aromatic nitrogens is 1. The highest BCUT2D eigenvalue weighted by Crippen LogP contribution is 2.24. The van der Waals surface area contributed by atoms with Gasteiger partial charge in [-0.25, -0.2) is 9.37 Å². The molecule has 7 heteroatoms. The van der Waals surface area contributed by atoms with Gasteiger partial charge in [0, 0.05) is 19.3 Å². The molecule has 1 aliphatic heterocycles. The minimum Gasteiger partial charge on any atom is -0.378 e. The highest BCUT2D eigenvalue weighted by Gasteiger charge is 2.20. The van der Waals surface area contributed by atoms with Gasteiger partial charge < -0.3 is 15.0 Å². The summed E-state index contributed by atoms with van der Waals surface area (Å²) in [5, 5.41) is 2.51. The van der Waals surface area contributed by atoms with Crippen LogP contribution in [0.15, 0.2) is 36.5 Å². The molecule has 0 spiro atoms. The van der Waals surface area contributed by atoms with Gasteiger partial charge in [-0.1, -0.05) is 17.7 Å². The Bertz CT molecular complexity index is 720. The number of nitrogens with one attached hydrogen (secondary N) is 1. The van der Waals surface area contributed by atoms with Crippen LogP contribution in [0.2, 0.25) is 5.02 Å². The largest absolute Gasteiger partial charge is 0.378 e. The first-order valence-corrected chi connectivity index (χ1v) is 7.57. The van der Waals surface area contributed by atoms with E-state index in [1.54, 1.807) is 24.4 Å². The number of nitrogens with zero attached hydrogens (tertiary/aromatic N) is 2. The maximum atomic E-state index is 13.9. The lowest BCUT2D eigenvalue weighted by atomic mass is 10.2. The molecule has 0 radical (unpaired) electrons. The van der Waals surface area contributed by atoms with Crippen LogP contribution in [0.3, 0.4) is 0 Å². The fraction of sp³-hybridized carbons (Fsp3) is 0.250. The van der Waals surface area contributed by atoms with Crippen LogP contribution in [0.1, 0.15) is 10.4 Å². The Hall–Kier alpha value is -2.18. The van der Waals surface area contributed by atoms with Crippen molar-refractivity contribution >= 4 is 29.0 Å². The van der Waals surface area contributed by atoms with Gasteiger partial charge in [0.15, 0.2) is 5.82 Å². The maximum Gasteiger partial charge on any atom is 0.259 e. The quantitative estimate of drug-likeness (QED) is 0.937. The second-order valence-corrected chi connectivity index (χ2v) is 5.44. The third-order valence-corrected chi connectivity index (χ3v) is 3.83. The van der Waals surface area contributed by atoms with Crippen LogP contribution >= 0.6 is 11.6 Å². The summed E-state index contributed by atoms with van der Waals surface area (Å²) < 4.78 is 19.3. The maximum absolute atomic E-state index is 13.9. The Morgan fingerprint density at radius 2 is 2.04 bits per heavy atom. The van der Waals surface area contributed by atoms with Crippen LogP contribution in [-0.4, -0.2) is 37.2 Å². The summed E-state index contributed by atoms with van der Waals surface area (Å²) >= 11 is 5.74. The summed E-state index contributed by atoms with van der Waals surface area (Å²) in [6.07, 6.45) is 1.63. The van der Waals surface area contributed by atoms with Crippen molar-refractivity contribution in [2.24, 2.45) is 0 Å². The molecule has 1 aromatic carbocycles. The van der Waals surface area contributed by atoms with E-state index in [1.807, 2.05) is 4.90 Å². The number of morpholine rings is 1. The summed E-state index contributed by atoms with van der Waals surface area (Å²) in [7, 11) is 0. The van der Waals surface area contributed by atoms with Crippen LogP contribution in [-0.2, 0) is 4.74 Å². The van der Waals surface area contributed by atoms with E-state index < -0.39 is 11.7 Å². The van der Waals surface area contributed by atoms with Gasteiger partial charge in [0.1, 0.15) is 5.82 Å². The minimum absolute atomic E-state index is 0.0395. The van der Waals surface area contributed by atoms with Crippen LogP contribution in [0.4, 0.5) is 15.9 Å². The molecule has 0 aliphatic carbocycles. The molecule has 1 N–H and O–H groups in total. The molecule has 1 saturated heterocycles. The van der Waals surface area contributed by atoms with E-state index in [2.05, 4.69) is 10.3 Å². The van der Waals surface area contributed by atoms with E-state index >= 15 is 0 Å². The molecule has 2 heterocycles. The number of carbonyl (C=O) groups is 1. The molecule has 0 saturated carbocycles. The number of hydrogen-bond acceptors (Lipinski definition) is 4. The summed E-state index contributed by atoms with van der Waals surface area (Å²) in [4.78, 5) is 18.8. The van der Waals surface area contributed by atoms with Gasteiger partial charge in [-0.2, -0.15) is 0 Å². The van der Waals surface area contributed by atoms with Crippen LogP contribution < -0.4 is 10.2 Å². The number of rotatable bonds is 3. The molecule has 0 unspecified atom stereocenters. The molecule has 3 rings (SSSR count). The van der Waals surface area contributed by atoms with E-state index in [0.29, 0.717) is 37.7 Å². The Kier molecular flexibility index (Phi) is 4.73. The number of pyridine rings is 1. The van der Waals surface area contributed by atoms with Gasteiger partial charge in [-0.05, 0) is 24.3 Å². The molecule has 1 aliphatic rings. The van der Waals surface area contributed by atoms with Crippen molar-refractivity contribution in [2.75, 3.05) is 36.5 Å². The van der Waals surface area contributed by atoms with Crippen molar-refractivity contribution in [1.82, 2.24) is 4.98 Å². The van der Waals surface area contributed by atoms with Crippen LogP contribution in [0, 0.1) is 5.82 Å². The van der Waals surface area contributed by atoms with Gasteiger partial charge in [0.05, 0.1) is 29.5 Å². The highest BCUT2D eigenvalue weighted by molar-refractivity contribution is 6.31. The summed E-state index contributed by atoms with van der Waals surface area (Å²) in [5.74, 6) is -0.518. The van der Waals surface area contributed by atoms with Crippen LogP contribution in [0.25, 0.3) is 0 Å². The topological polar surface area (TPSA) is 54.5 Å². The number of benzene rings is 1. The summed E-state index contributed by atoms with van der Waals surface area (Å²) in [5.41, 5.74) is 0.424. The third kappa shape index (κ3) is 3.43. The number of carbonyl (C=O) groups excluding carboxylic acids is 1. The molecule has 1 amide bonds. The minimum atomic E-state index is -0.653. The average Bonchev–Trinajstić information content (AvgIpc) is 2.60. The standard InChI is InChI=1S/C16H15ClFN3O2/c17-12-4-1-5-13(14(12)18)20-16(22)11-3-2-6-19-15(11)21-7-9-23-10-8-21/h1-6H,7-10H2,(H,20,22). The molecule has 120 valence electrons. The molecule has 1 aromatic heterocycles. The van der Waals surface area contributed by atoms with Gasteiger partial charge in [-0.3, -0.25) is 4.79 Å². The zero-order chi connectivity index (χ0) is 16.2. The monoisotopic (exact) mass is 335 g/mol. The lowest BCUT2D eigenvalue weighted by Crippen LogP contribution is -2.38. The van der Waals surface area contributed by atoms with Gasteiger partial charge in [-0.15, -0.1) is 0 Å². The molecule has 1 fully saturated rings. The first-order valence-electron chi connectivity index (χ1n) is 7.20. The SMILES string of the molecule is O=C(Nc1cccc(Cl)c1F)c1cccnc1N1CCOCC1. The Labute approximate surface area is 138 Å². The number of anilines is 2. The molecule has 2 aromatic rings. The first-order chi connectivity index (χ1) is 11.2. The normalized spacial score (nSPS) is 14.6. The lowest BCUT2D eigenvalue weighted by molar-refractivity contribution is 0.102. The van der Waals surface area contributed by atoms with Crippen molar-refractivity contribution in [3.63, 3.8) is 0 Å². The van der Waals surface area contributed by atoms with Crippen molar-refractivity contribution in [3.05, 3.63) is 52.9 Å². The predicted molar refractivity (Wildman–Crippen MR) is 86.6 cm³/mol. The van der Waals surface area contributed by atoms with Gasteiger partial charge in [0.25, 0.3) is 5.91 Å². The number of amides is 1. The Morgan fingerprint density at radius 3 is 2.83 bits per heavy atom. The highest BCUT2D eigenvalue weighted by atomic mass is 35.5. The van der Waals surface area contributed by atoms with Crippen LogP contribution in [0.5, 0.6) is 0 Å². The van der Waals surface area contributed by atoms with E-state index in [-0.39, 0.29) is 10.7 Å². The van der Waals surface area contributed by atoms with Gasteiger partial charge >= 0.3 is 0 Å². The Morgan fingerprint density at radius 1 is 1.26 bits per heavy atom. The third-order valence-electron chi connectivity index (χ3n) is 3.54. The molecule has 5 nitrogen and oxygen atoms in total. The lowest BCUT2D eigenvalue weighted by Gasteiger charge is -2.29. The average molecular weight is 336 g/mol. The smallest absolute Gasteiger partial charge is 0.259 e. The molecular formula is C16H15ClFN3O2. The van der Waals surface area contributed by atoms with Crippen molar-refractivity contribution in [3.8, 4) is 0 Å². The van der Waals surface area contributed by atoms with Crippen molar-refractivity contribution in [2.45, 2.75) is 0 Å². The fourth-order valence-corrected chi connectivity index (χ4v) is 2.57. The molecule has 23 heavy (non-hydrogen) atoms. The van der Waals surface area contributed by atoms with Crippen molar-refractivity contribution < 1.29 is 13.9 Å². The Balaban J connectivity index is 1.86. The van der Waals surface area contributed by atoms with E-state index in [0.717, 1.165) is 0 Å². The zero-order valence-electron chi connectivity index (χ0n) is 12.3. The van der Waals surface area contributed by atoms with Crippen molar-refractivity contribution in [1.29, 1.82) is 0 Å². The predicted octanol–water partition coefficient (Wildman–Crippen LogP) is 2.96. The fourth-order valence-electron chi connectivity index (χ4n) is 2.39. The number of hydrogen-bond donors (Lipinski definition) is 1. The van der Waals surface area contributed by atoms with E-state index in [9.17, 15) is 9.18 Å². The summed E-state index contributed by atoms with van der Waals surface area (Å²) in [6, 6.07) is 7.80. The summed E-state index contributed by atoms with van der Waals surface area (Å²) in [6.45, 7) is 2.48. The van der Waals surface area contributed by atoms with E-state index in [4.69, 9.17) is 16.3 Å². The second kappa shape index (κ2) is 6.93. The first kappa shape index (κ1) is 15.7.